The summed E-state index contributed by atoms with van der Waals surface area (Å²) in [6.45, 7) is 4.73. The topological polar surface area (TPSA) is 102 Å². The maximum atomic E-state index is 14.8. The van der Waals surface area contributed by atoms with Crippen molar-refractivity contribution in [1.82, 2.24) is 9.97 Å². The zero-order valence-corrected chi connectivity index (χ0v) is 32.1. The van der Waals surface area contributed by atoms with Crippen molar-refractivity contribution in [3.8, 4) is 11.5 Å². The molecule has 288 valence electrons. The Morgan fingerprint density at radius 2 is 1.00 bits per heavy atom. The summed E-state index contributed by atoms with van der Waals surface area (Å²) in [6.07, 6.45) is -11.6. The smallest absolute Gasteiger partial charge is 0.411 e. The summed E-state index contributed by atoms with van der Waals surface area (Å²) in [5.41, 5.74) is -5.16. The Kier molecular flexibility index (Phi) is 12.2. The molecule has 0 fully saturated rings. The van der Waals surface area contributed by atoms with E-state index in [-0.39, 0.29) is 22.9 Å². The van der Waals surface area contributed by atoms with Crippen molar-refractivity contribution in [2.75, 3.05) is 35.4 Å². The molecule has 2 aromatic heterocycles. The summed E-state index contributed by atoms with van der Waals surface area (Å²) in [4.78, 5) is 34.3. The first-order valence-corrected chi connectivity index (χ1v) is 20.1. The van der Waals surface area contributed by atoms with E-state index in [2.05, 4.69) is 20.6 Å². The van der Waals surface area contributed by atoms with Crippen LogP contribution in [0.2, 0.25) is 0 Å². The van der Waals surface area contributed by atoms with Gasteiger partial charge in [0.15, 0.2) is 8.68 Å². The van der Waals surface area contributed by atoms with Gasteiger partial charge in [-0.2, -0.15) is 26.3 Å². The number of ether oxygens (including phenoxy) is 2. The molecular formula is C37H30F6N4O4S4. The van der Waals surface area contributed by atoms with E-state index < -0.39 is 40.7 Å². The van der Waals surface area contributed by atoms with Crippen LogP contribution in [-0.4, -0.2) is 58.9 Å². The number of alkyl halides is 6. The van der Waals surface area contributed by atoms with E-state index in [1.807, 2.05) is 26.0 Å². The molecule has 0 aliphatic heterocycles. The van der Waals surface area contributed by atoms with Gasteiger partial charge in [-0.05, 0) is 85.6 Å². The third kappa shape index (κ3) is 8.98. The quantitative estimate of drug-likeness (QED) is 0.0826. The lowest BCUT2D eigenvalue weighted by Gasteiger charge is -2.38. The van der Waals surface area contributed by atoms with Crippen LogP contribution in [0.4, 0.5) is 37.7 Å². The fourth-order valence-electron chi connectivity index (χ4n) is 5.64. The molecule has 0 aliphatic rings. The van der Waals surface area contributed by atoms with Crippen LogP contribution in [0, 0.1) is 0 Å². The van der Waals surface area contributed by atoms with Crippen LogP contribution in [0.15, 0.2) is 93.6 Å². The second kappa shape index (κ2) is 16.7. The second-order valence-electron chi connectivity index (χ2n) is 11.7. The lowest BCUT2D eigenvalue weighted by Crippen LogP contribution is -2.54. The molecule has 2 N–H and O–H groups in total. The molecular weight excluding hydrogens is 807 g/mol. The highest BCUT2D eigenvalue weighted by atomic mass is 32.2. The molecule has 0 aliphatic carbocycles. The van der Waals surface area contributed by atoms with E-state index in [9.17, 15) is 35.9 Å². The van der Waals surface area contributed by atoms with Crippen LogP contribution in [0.25, 0.3) is 20.4 Å². The third-order valence-electron chi connectivity index (χ3n) is 8.01. The standard InChI is InChI=1S/C37H30F6N4O4S4/c1-3-50-25-13-15-27-29(17-25)54-33(46-27)52-19-31(48)44-23-9-5-21(6-10-23)35(36(38,39)40,37(41,42)43)22-7-11-24(12-8-22)45-32(49)20-53-34-47-28-16-14-26(51-4-2)18-30(28)55-34/h5-18H,3-4,19-20H2,1-2H3,(H,44,48)(H,45,49). The molecule has 0 atom stereocenters. The maximum absolute atomic E-state index is 14.8. The van der Waals surface area contributed by atoms with E-state index in [4.69, 9.17) is 9.47 Å². The van der Waals surface area contributed by atoms with Crippen LogP contribution in [0.1, 0.15) is 25.0 Å². The molecule has 8 nitrogen and oxygen atoms in total. The first-order valence-electron chi connectivity index (χ1n) is 16.5. The molecule has 0 bridgehead atoms. The normalized spacial score (nSPS) is 12.2. The van der Waals surface area contributed by atoms with Gasteiger partial charge >= 0.3 is 12.4 Å². The Bertz CT molecular complexity index is 2130. The predicted octanol–water partition coefficient (Wildman–Crippen LogP) is 10.6. The van der Waals surface area contributed by atoms with Gasteiger partial charge in [0.2, 0.25) is 17.2 Å². The molecule has 2 amide bonds. The summed E-state index contributed by atoms with van der Waals surface area (Å²) in [5.74, 6) is 0.0984. The molecule has 4 aromatic carbocycles. The Labute approximate surface area is 327 Å². The molecule has 0 saturated carbocycles. The minimum Gasteiger partial charge on any atom is -0.494 e. The monoisotopic (exact) mass is 836 g/mol. The Morgan fingerprint density at radius 3 is 1.35 bits per heavy atom. The number of anilines is 2. The van der Waals surface area contributed by atoms with Crippen molar-refractivity contribution < 1.29 is 45.4 Å². The van der Waals surface area contributed by atoms with E-state index in [0.717, 1.165) is 68.2 Å². The lowest BCUT2D eigenvalue weighted by atomic mass is 9.73. The summed E-state index contributed by atoms with van der Waals surface area (Å²) in [5, 5.41) is 5.02. The van der Waals surface area contributed by atoms with Crippen LogP contribution in [0.5, 0.6) is 11.5 Å². The average molecular weight is 837 g/mol. The Hall–Kier alpha value is -4.52. The van der Waals surface area contributed by atoms with E-state index in [0.29, 0.717) is 57.7 Å². The number of amides is 2. The van der Waals surface area contributed by atoms with Crippen LogP contribution >= 0.6 is 46.2 Å². The minimum atomic E-state index is -5.82. The number of fused-ring (bicyclic) bond motifs is 2. The van der Waals surface area contributed by atoms with Gasteiger partial charge in [0.05, 0.1) is 45.2 Å². The zero-order valence-electron chi connectivity index (χ0n) is 28.8. The summed E-state index contributed by atoms with van der Waals surface area (Å²) >= 11 is 4.98. The number of thioether (sulfide) groups is 2. The van der Waals surface area contributed by atoms with Gasteiger partial charge in [-0.3, -0.25) is 9.59 Å². The van der Waals surface area contributed by atoms with Crippen molar-refractivity contribution in [3.05, 3.63) is 96.1 Å². The highest BCUT2D eigenvalue weighted by Gasteiger charge is 2.72. The van der Waals surface area contributed by atoms with Crippen molar-refractivity contribution in [2.24, 2.45) is 0 Å². The molecule has 0 unspecified atom stereocenters. The van der Waals surface area contributed by atoms with Crippen LogP contribution < -0.4 is 20.1 Å². The van der Waals surface area contributed by atoms with Gasteiger partial charge < -0.3 is 20.1 Å². The first-order chi connectivity index (χ1) is 26.2. The third-order valence-corrected chi connectivity index (χ3v) is 12.3. The largest absolute Gasteiger partial charge is 0.494 e. The fourth-order valence-corrected chi connectivity index (χ4v) is 9.44. The van der Waals surface area contributed by atoms with Crippen LogP contribution in [-0.2, 0) is 15.0 Å². The van der Waals surface area contributed by atoms with Gasteiger partial charge in [0.1, 0.15) is 11.5 Å². The molecule has 55 heavy (non-hydrogen) atoms. The number of hydrogen-bond acceptors (Lipinski definition) is 10. The number of carbonyl (C=O) groups is 2. The van der Waals surface area contributed by atoms with E-state index in [1.165, 1.54) is 22.7 Å². The lowest BCUT2D eigenvalue weighted by molar-refractivity contribution is -0.288. The Balaban J connectivity index is 1.12. The van der Waals surface area contributed by atoms with Gasteiger partial charge in [-0.25, -0.2) is 9.97 Å². The van der Waals surface area contributed by atoms with Crippen molar-refractivity contribution in [3.63, 3.8) is 0 Å². The number of hydrogen-bond donors (Lipinski definition) is 2. The molecule has 6 aromatic rings. The molecule has 0 spiro atoms. The summed E-state index contributed by atoms with van der Waals surface area (Å²) in [7, 11) is 0. The predicted molar refractivity (Wildman–Crippen MR) is 206 cm³/mol. The fraction of sp³-hybridized carbons (Fsp3) is 0.243. The number of benzene rings is 4. The average Bonchev–Trinajstić information content (AvgIpc) is 3.74. The minimum absolute atomic E-state index is 0.00953. The number of carbonyl (C=O) groups excluding carboxylic acids is 2. The number of thiazole rings is 2. The first kappa shape index (κ1) is 40.2. The zero-order chi connectivity index (χ0) is 39.4. The molecule has 0 radical (unpaired) electrons. The molecule has 0 saturated heterocycles. The van der Waals surface area contributed by atoms with Gasteiger partial charge in [-0.15, -0.1) is 22.7 Å². The van der Waals surface area contributed by atoms with Gasteiger partial charge in [0.25, 0.3) is 0 Å². The van der Waals surface area contributed by atoms with E-state index in [1.54, 1.807) is 24.3 Å². The van der Waals surface area contributed by atoms with Gasteiger partial charge in [0, 0.05) is 11.4 Å². The number of rotatable bonds is 14. The van der Waals surface area contributed by atoms with Crippen molar-refractivity contribution in [2.45, 2.75) is 40.3 Å². The van der Waals surface area contributed by atoms with E-state index >= 15 is 0 Å². The van der Waals surface area contributed by atoms with Crippen LogP contribution in [0.3, 0.4) is 0 Å². The second-order valence-corrected chi connectivity index (χ2v) is 16.2. The highest BCUT2D eigenvalue weighted by molar-refractivity contribution is 8.02. The number of nitrogens with one attached hydrogen (secondary N) is 2. The number of halogens is 6. The summed E-state index contributed by atoms with van der Waals surface area (Å²) < 4.78 is 103. The van der Waals surface area contributed by atoms with Gasteiger partial charge in [-0.1, -0.05) is 47.8 Å². The van der Waals surface area contributed by atoms with Crippen molar-refractivity contribution >= 4 is 89.8 Å². The highest BCUT2D eigenvalue weighted by Crippen LogP contribution is 2.56. The molecule has 6 rings (SSSR count). The number of aromatic nitrogens is 2. The Morgan fingerprint density at radius 1 is 0.618 bits per heavy atom. The molecule has 2 heterocycles. The molecule has 18 heteroatoms. The maximum Gasteiger partial charge on any atom is 0.411 e. The number of nitrogens with zero attached hydrogens (tertiary/aromatic N) is 2. The SMILES string of the molecule is CCOc1ccc2nc(SCC(=O)Nc3ccc(C(c4ccc(NC(=O)CSc5nc6ccc(OCC)cc6s5)cc4)(C(F)(F)F)C(F)(F)F)cc3)sc2c1. The summed E-state index contributed by atoms with van der Waals surface area (Å²) in [6, 6.07) is 17.6. The van der Waals surface area contributed by atoms with Crippen molar-refractivity contribution in [1.29, 1.82) is 0 Å².